The Morgan fingerprint density at radius 2 is 2.06 bits per heavy atom. The highest BCUT2D eigenvalue weighted by Gasteiger charge is 2.20. The van der Waals surface area contributed by atoms with Crippen molar-refractivity contribution in [2.45, 2.75) is 53.0 Å². The van der Waals surface area contributed by atoms with Gasteiger partial charge in [0.25, 0.3) is 0 Å². The SMILES string of the molecule is CCCCNC(=O)C(C)NCC(C)(C)CCOC. The van der Waals surface area contributed by atoms with Crippen LogP contribution in [0.5, 0.6) is 0 Å². The molecule has 0 bridgehead atoms. The summed E-state index contributed by atoms with van der Waals surface area (Å²) in [7, 11) is 1.72. The molecule has 108 valence electrons. The van der Waals surface area contributed by atoms with Crippen LogP contribution in [0.2, 0.25) is 0 Å². The van der Waals surface area contributed by atoms with E-state index in [0.29, 0.717) is 0 Å². The van der Waals surface area contributed by atoms with Crippen LogP contribution in [-0.2, 0) is 9.53 Å². The molecule has 1 atom stereocenters. The quantitative estimate of drug-likeness (QED) is 0.589. The van der Waals surface area contributed by atoms with E-state index in [4.69, 9.17) is 4.74 Å². The van der Waals surface area contributed by atoms with E-state index in [1.54, 1.807) is 7.11 Å². The number of amides is 1. The number of hydrogen-bond acceptors (Lipinski definition) is 3. The van der Waals surface area contributed by atoms with Crippen molar-refractivity contribution in [1.82, 2.24) is 10.6 Å². The third-order valence-electron chi connectivity index (χ3n) is 3.09. The van der Waals surface area contributed by atoms with Crippen molar-refractivity contribution in [3.63, 3.8) is 0 Å². The molecule has 18 heavy (non-hydrogen) atoms. The number of hydrogen-bond donors (Lipinski definition) is 2. The fraction of sp³-hybridized carbons (Fsp3) is 0.929. The molecule has 4 heteroatoms. The minimum absolute atomic E-state index is 0.0889. The molecule has 0 aliphatic carbocycles. The van der Waals surface area contributed by atoms with Gasteiger partial charge in [-0.2, -0.15) is 0 Å². The van der Waals surface area contributed by atoms with E-state index in [0.717, 1.165) is 39.0 Å². The minimum atomic E-state index is -0.135. The van der Waals surface area contributed by atoms with Crippen LogP contribution in [-0.4, -0.2) is 38.8 Å². The average Bonchev–Trinajstić information content (AvgIpc) is 2.34. The van der Waals surface area contributed by atoms with Crippen LogP contribution < -0.4 is 10.6 Å². The molecule has 0 aromatic carbocycles. The van der Waals surface area contributed by atoms with Crippen molar-refractivity contribution in [3.05, 3.63) is 0 Å². The maximum Gasteiger partial charge on any atom is 0.236 e. The van der Waals surface area contributed by atoms with Crippen LogP contribution >= 0.6 is 0 Å². The van der Waals surface area contributed by atoms with E-state index < -0.39 is 0 Å². The van der Waals surface area contributed by atoms with Crippen molar-refractivity contribution < 1.29 is 9.53 Å². The van der Waals surface area contributed by atoms with Gasteiger partial charge in [0.05, 0.1) is 6.04 Å². The zero-order valence-electron chi connectivity index (χ0n) is 12.6. The number of methoxy groups -OCH3 is 1. The number of unbranched alkanes of at least 4 members (excludes halogenated alkanes) is 1. The zero-order valence-corrected chi connectivity index (χ0v) is 12.6. The topological polar surface area (TPSA) is 50.4 Å². The fourth-order valence-electron chi connectivity index (χ4n) is 1.53. The highest BCUT2D eigenvalue weighted by atomic mass is 16.5. The monoisotopic (exact) mass is 258 g/mol. The van der Waals surface area contributed by atoms with Gasteiger partial charge in [-0.05, 0) is 25.2 Å². The molecule has 4 nitrogen and oxygen atoms in total. The molecule has 0 saturated heterocycles. The Balaban J connectivity index is 3.86. The van der Waals surface area contributed by atoms with Crippen LogP contribution in [0.1, 0.15) is 47.0 Å². The summed E-state index contributed by atoms with van der Waals surface area (Å²) in [6, 6.07) is -0.135. The van der Waals surface area contributed by atoms with E-state index in [2.05, 4.69) is 31.4 Å². The Morgan fingerprint density at radius 1 is 1.39 bits per heavy atom. The number of nitrogens with one attached hydrogen (secondary N) is 2. The summed E-state index contributed by atoms with van der Waals surface area (Å²) in [5, 5.41) is 6.23. The Morgan fingerprint density at radius 3 is 2.61 bits per heavy atom. The van der Waals surface area contributed by atoms with Gasteiger partial charge in [-0.3, -0.25) is 4.79 Å². The number of rotatable bonds is 10. The lowest BCUT2D eigenvalue weighted by atomic mass is 9.89. The van der Waals surface area contributed by atoms with Crippen LogP contribution in [0.25, 0.3) is 0 Å². The first-order valence-electron chi connectivity index (χ1n) is 6.93. The van der Waals surface area contributed by atoms with Gasteiger partial charge in [-0.1, -0.05) is 27.2 Å². The molecule has 0 radical (unpaired) electrons. The summed E-state index contributed by atoms with van der Waals surface area (Å²) in [5.41, 5.74) is 0.147. The van der Waals surface area contributed by atoms with Gasteiger partial charge in [0.1, 0.15) is 0 Å². The van der Waals surface area contributed by atoms with Crippen LogP contribution in [0, 0.1) is 5.41 Å². The molecule has 0 aliphatic heterocycles. The third-order valence-corrected chi connectivity index (χ3v) is 3.09. The summed E-state index contributed by atoms with van der Waals surface area (Å²) in [5.74, 6) is 0.0889. The van der Waals surface area contributed by atoms with Gasteiger partial charge in [-0.25, -0.2) is 0 Å². The maximum absolute atomic E-state index is 11.8. The first-order valence-corrected chi connectivity index (χ1v) is 6.93. The molecular weight excluding hydrogens is 228 g/mol. The van der Waals surface area contributed by atoms with Gasteiger partial charge in [-0.15, -0.1) is 0 Å². The van der Waals surface area contributed by atoms with Gasteiger partial charge >= 0.3 is 0 Å². The minimum Gasteiger partial charge on any atom is -0.385 e. The molecule has 2 N–H and O–H groups in total. The third kappa shape index (κ3) is 8.48. The summed E-state index contributed by atoms with van der Waals surface area (Å²) < 4.78 is 5.09. The largest absolute Gasteiger partial charge is 0.385 e. The highest BCUT2D eigenvalue weighted by molar-refractivity contribution is 5.81. The van der Waals surface area contributed by atoms with Gasteiger partial charge in [0, 0.05) is 26.8 Å². The maximum atomic E-state index is 11.8. The standard InChI is InChI=1S/C14H30N2O2/c1-6-7-9-15-13(17)12(2)16-11-14(3,4)8-10-18-5/h12,16H,6-11H2,1-5H3,(H,15,17). The summed E-state index contributed by atoms with van der Waals surface area (Å²) >= 11 is 0. The summed E-state index contributed by atoms with van der Waals surface area (Å²) in [6.07, 6.45) is 3.13. The van der Waals surface area contributed by atoms with Crippen molar-refractivity contribution in [2.75, 3.05) is 26.8 Å². The smallest absolute Gasteiger partial charge is 0.236 e. The molecular formula is C14H30N2O2. The molecule has 0 aromatic rings. The first kappa shape index (κ1) is 17.4. The molecule has 1 amide bonds. The van der Waals surface area contributed by atoms with E-state index in [-0.39, 0.29) is 17.4 Å². The number of ether oxygens (including phenoxy) is 1. The second-order valence-electron chi connectivity index (χ2n) is 5.65. The normalized spacial score (nSPS) is 13.4. The Kier molecular flexibility index (Phi) is 9.02. The molecule has 0 fully saturated rings. The molecule has 0 saturated carbocycles. The van der Waals surface area contributed by atoms with E-state index in [9.17, 15) is 4.79 Å². The van der Waals surface area contributed by atoms with Crippen LogP contribution in [0.3, 0.4) is 0 Å². The fourth-order valence-corrected chi connectivity index (χ4v) is 1.53. The molecule has 0 rings (SSSR count). The lowest BCUT2D eigenvalue weighted by Gasteiger charge is -2.26. The molecule has 1 unspecified atom stereocenters. The van der Waals surface area contributed by atoms with Crippen molar-refractivity contribution >= 4 is 5.91 Å². The second-order valence-corrected chi connectivity index (χ2v) is 5.65. The first-order chi connectivity index (χ1) is 8.43. The average molecular weight is 258 g/mol. The lowest BCUT2D eigenvalue weighted by molar-refractivity contribution is -0.122. The predicted octanol–water partition coefficient (Wildman–Crippen LogP) is 1.94. The summed E-state index contributed by atoms with van der Waals surface area (Å²) in [4.78, 5) is 11.8. The van der Waals surface area contributed by atoms with E-state index >= 15 is 0 Å². The predicted molar refractivity (Wildman–Crippen MR) is 75.7 cm³/mol. The summed E-state index contributed by atoms with van der Waals surface area (Å²) in [6.45, 7) is 10.7. The van der Waals surface area contributed by atoms with E-state index in [1.807, 2.05) is 6.92 Å². The van der Waals surface area contributed by atoms with E-state index in [1.165, 1.54) is 0 Å². The van der Waals surface area contributed by atoms with Gasteiger partial charge < -0.3 is 15.4 Å². The molecule has 0 heterocycles. The van der Waals surface area contributed by atoms with Crippen molar-refractivity contribution in [1.29, 1.82) is 0 Å². The molecule has 0 aromatic heterocycles. The second kappa shape index (κ2) is 9.34. The van der Waals surface area contributed by atoms with Crippen molar-refractivity contribution in [3.8, 4) is 0 Å². The van der Waals surface area contributed by atoms with Crippen LogP contribution in [0.4, 0.5) is 0 Å². The number of carbonyl (C=O) groups is 1. The van der Waals surface area contributed by atoms with Gasteiger partial charge in [0.15, 0.2) is 0 Å². The lowest BCUT2D eigenvalue weighted by Crippen LogP contribution is -2.45. The van der Waals surface area contributed by atoms with Crippen LogP contribution in [0.15, 0.2) is 0 Å². The highest BCUT2D eigenvalue weighted by Crippen LogP contribution is 2.18. The molecule has 0 spiro atoms. The molecule has 0 aliphatic rings. The number of carbonyl (C=O) groups excluding carboxylic acids is 1. The van der Waals surface area contributed by atoms with Gasteiger partial charge in [0.2, 0.25) is 5.91 Å². The zero-order chi connectivity index (χ0) is 14.0. The Hall–Kier alpha value is -0.610. The Bertz CT molecular complexity index is 230. The van der Waals surface area contributed by atoms with Crippen molar-refractivity contribution in [2.24, 2.45) is 5.41 Å². The Labute approximate surface area is 112 Å².